The van der Waals surface area contributed by atoms with Crippen molar-refractivity contribution in [2.75, 3.05) is 12.3 Å². The molecule has 2 heterocycles. The van der Waals surface area contributed by atoms with Gasteiger partial charge >= 0.3 is 0 Å². The summed E-state index contributed by atoms with van der Waals surface area (Å²) in [6.07, 6.45) is 4.66. The van der Waals surface area contributed by atoms with E-state index >= 15 is 0 Å². The van der Waals surface area contributed by atoms with E-state index in [2.05, 4.69) is 16.9 Å². The smallest absolute Gasteiger partial charge is 0.143 e. The Labute approximate surface area is 87.3 Å². The first-order chi connectivity index (χ1) is 6.75. The van der Waals surface area contributed by atoms with Crippen molar-refractivity contribution in [3.63, 3.8) is 0 Å². The highest BCUT2D eigenvalue weighted by molar-refractivity contribution is 7.99. The summed E-state index contributed by atoms with van der Waals surface area (Å²) in [5, 5.41) is 1.36. The zero-order chi connectivity index (χ0) is 9.97. The van der Waals surface area contributed by atoms with E-state index in [4.69, 9.17) is 10.5 Å². The molecule has 1 saturated heterocycles. The summed E-state index contributed by atoms with van der Waals surface area (Å²) >= 11 is 1.69. The largest absolute Gasteiger partial charge is 0.382 e. The van der Waals surface area contributed by atoms with Crippen LogP contribution in [0.4, 0.5) is 5.82 Å². The van der Waals surface area contributed by atoms with Crippen LogP contribution in [0.2, 0.25) is 0 Å². The quantitative estimate of drug-likeness (QED) is 0.799. The molecule has 0 spiro atoms. The number of aromatic nitrogens is 2. The molecule has 2 N–H and O–H groups in total. The van der Waals surface area contributed by atoms with Gasteiger partial charge in [-0.2, -0.15) is 0 Å². The molecule has 0 saturated carbocycles. The summed E-state index contributed by atoms with van der Waals surface area (Å²) in [7, 11) is 0. The van der Waals surface area contributed by atoms with Crippen LogP contribution in [-0.2, 0) is 4.74 Å². The number of nitrogen functional groups attached to an aromatic ring is 1. The van der Waals surface area contributed by atoms with Gasteiger partial charge in [0.1, 0.15) is 10.8 Å². The number of nitrogens with two attached hydrogens (primary N) is 1. The molecule has 0 aliphatic carbocycles. The van der Waals surface area contributed by atoms with E-state index in [0.29, 0.717) is 17.2 Å². The first-order valence-electron chi connectivity index (χ1n) is 4.61. The molecule has 0 amide bonds. The Morgan fingerprint density at radius 3 is 3.07 bits per heavy atom. The predicted molar refractivity (Wildman–Crippen MR) is 56.1 cm³/mol. The molecule has 4 nitrogen and oxygen atoms in total. The van der Waals surface area contributed by atoms with Gasteiger partial charge in [0, 0.05) is 11.9 Å². The first kappa shape index (κ1) is 9.73. The maximum absolute atomic E-state index is 5.55. The molecular weight excluding hydrogens is 198 g/mol. The number of anilines is 1. The van der Waals surface area contributed by atoms with Crippen molar-refractivity contribution in [1.29, 1.82) is 0 Å². The van der Waals surface area contributed by atoms with E-state index in [9.17, 15) is 0 Å². The molecule has 76 valence electrons. The summed E-state index contributed by atoms with van der Waals surface area (Å²) in [5.74, 6) is 0.474. The zero-order valence-corrected chi connectivity index (χ0v) is 8.83. The van der Waals surface area contributed by atoms with Crippen molar-refractivity contribution in [3.8, 4) is 0 Å². The molecular formula is C9H13N3OS. The highest BCUT2D eigenvalue weighted by Crippen LogP contribution is 2.31. The number of ether oxygens (including phenoxy) is 1. The monoisotopic (exact) mass is 211 g/mol. The lowest BCUT2D eigenvalue weighted by Crippen LogP contribution is -2.13. The second-order valence-electron chi connectivity index (χ2n) is 3.30. The average molecular weight is 211 g/mol. The number of hydrogen-bond donors (Lipinski definition) is 1. The summed E-state index contributed by atoms with van der Waals surface area (Å²) in [5.41, 5.74) is 5.55. The minimum absolute atomic E-state index is 0.295. The van der Waals surface area contributed by atoms with Gasteiger partial charge in [-0.05, 0) is 13.3 Å². The Hall–Kier alpha value is -0.810. The van der Waals surface area contributed by atoms with Crippen LogP contribution in [0.25, 0.3) is 0 Å². The van der Waals surface area contributed by atoms with Gasteiger partial charge < -0.3 is 10.5 Å². The molecule has 1 aromatic heterocycles. The highest BCUT2D eigenvalue weighted by Gasteiger charge is 2.25. The molecule has 0 aromatic carbocycles. The average Bonchev–Trinajstić information content (AvgIpc) is 2.52. The van der Waals surface area contributed by atoms with Crippen LogP contribution in [0, 0.1) is 0 Å². The molecule has 1 aliphatic heterocycles. The van der Waals surface area contributed by atoms with Crippen LogP contribution in [0.3, 0.4) is 0 Å². The van der Waals surface area contributed by atoms with Gasteiger partial charge in [0.05, 0.1) is 18.5 Å². The molecule has 0 bridgehead atoms. The van der Waals surface area contributed by atoms with Crippen molar-refractivity contribution in [2.45, 2.75) is 29.7 Å². The fraction of sp³-hybridized carbons (Fsp3) is 0.556. The van der Waals surface area contributed by atoms with Crippen molar-refractivity contribution >= 4 is 17.6 Å². The zero-order valence-electron chi connectivity index (χ0n) is 8.01. The van der Waals surface area contributed by atoms with Crippen molar-refractivity contribution in [3.05, 3.63) is 12.4 Å². The number of rotatable bonds is 2. The topological polar surface area (TPSA) is 61.0 Å². The van der Waals surface area contributed by atoms with Crippen LogP contribution in [0.5, 0.6) is 0 Å². The second kappa shape index (κ2) is 4.14. The SMILES string of the molecule is CC1OCCC1Sc1cncc(N)n1. The third-order valence-corrected chi connectivity index (χ3v) is 3.57. The standard InChI is InChI=1S/C9H13N3OS/c1-6-7(2-3-13-6)14-9-5-11-4-8(10)12-9/h4-7H,2-3H2,1H3,(H2,10,12). The lowest BCUT2D eigenvalue weighted by Gasteiger charge is -2.12. The molecule has 5 heteroatoms. The molecule has 1 fully saturated rings. The van der Waals surface area contributed by atoms with E-state index in [1.807, 2.05) is 0 Å². The van der Waals surface area contributed by atoms with Crippen LogP contribution in [0.1, 0.15) is 13.3 Å². The summed E-state index contributed by atoms with van der Waals surface area (Å²) in [6, 6.07) is 0. The van der Waals surface area contributed by atoms with Crippen LogP contribution < -0.4 is 5.73 Å². The van der Waals surface area contributed by atoms with E-state index in [1.165, 1.54) is 0 Å². The Morgan fingerprint density at radius 1 is 1.57 bits per heavy atom. The molecule has 1 aromatic rings. The van der Waals surface area contributed by atoms with Crippen molar-refractivity contribution in [1.82, 2.24) is 9.97 Å². The van der Waals surface area contributed by atoms with Gasteiger partial charge in [0.15, 0.2) is 0 Å². The normalized spacial score (nSPS) is 26.6. The van der Waals surface area contributed by atoms with Crippen molar-refractivity contribution < 1.29 is 4.74 Å². The maximum Gasteiger partial charge on any atom is 0.143 e. The van der Waals surface area contributed by atoms with Gasteiger partial charge in [-0.1, -0.05) is 11.8 Å². The molecule has 0 radical (unpaired) electrons. The fourth-order valence-electron chi connectivity index (χ4n) is 1.44. The van der Waals surface area contributed by atoms with E-state index in [-0.39, 0.29) is 0 Å². The Bertz CT molecular complexity index is 321. The molecule has 2 atom stereocenters. The molecule has 14 heavy (non-hydrogen) atoms. The molecule has 2 unspecified atom stereocenters. The third kappa shape index (κ3) is 2.16. The summed E-state index contributed by atoms with van der Waals surface area (Å²) < 4.78 is 5.47. The minimum atomic E-state index is 0.295. The van der Waals surface area contributed by atoms with Gasteiger partial charge in [0.2, 0.25) is 0 Å². The van der Waals surface area contributed by atoms with Gasteiger partial charge in [-0.3, -0.25) is 4.98 Å². The highest BCUT2D eigenvalue weighted by atomic mass is 32.2. The van der Waals surface area contributed by atoms with E-state index in [1.54, 1.807) is 24.2 Å². The lowest BCUT2D eigenvalue weighted by molar-refractivity contribution is 0.127. The van der Waals surface area contributed by atoms with Crippen LogP contribution in [-0.4, -0.2) is 27.9 Å². The van der Waals surface area contributed by atoms with E-state index in [0.717, 1.165) is 18.1 Å². The summed E-state index contributed by atoms with van der Waals surface area (Å²) in [4.78, 5) is 8.20. The lowest BCUT2D eigenvalue weighted by atomic mass is 10.3. The minimum Gasteiger partial charge on any atom is -0.382 e. The second-order valence-corrected chi connectivity index (χ2v) is 4.56. The fourth-order valence-corrected chi connectivity index (χ4v) is 2.52. The van der Waals surface area contributed by atoms with E-state index < -0.39 is 0 Å². The Morgan fingerprint density at radius 2 is 2.43 bits per heavy atom. The predicted octanol–water partition coefficient (Wildman–Crippen LogP) is 1.33. The number of thioether (sulfide) groups is 1. The number of hydrogen-bond acceptors (Lipinski definition) is 5. The first-order valence-corrected chi connectivity index (χ1v) is 5.49. The van der Waals surface area contributed by atoms with Gasteiger partial charge in [-0.25, -0.2) is 4.98 Å². The Balaban J connectivity index is 2.03. The van der Waals surface area contributed by atoms with Crippen LogP contribution >= 0.6 is 11.8 Å². The summed E-state index contributed by atoms with van der Waals surface area (Å²) in [6.45, 7) is 2.93. The molecule has 2 rings (SSSR count). The Kier molecular flexibility index (Phi) is 2.88. The van der Waals surface area contributed by atoms with Crippen molar-refractivity contribution in [2.24, 2.45) is 0 Å². The molecule has 1 aliphatic rings. The van der Waals surface area contributed by atoms with Gasteiger partial charge in [0.25, 0.3) is 0 Å². The number of nitrogens with zero attached hydrogens (tertiary/aromatic N) is 2. The maximum atomic E-state index is 5.55. The van der Waals surface area contributed by atoms with Gasteiger partial charge in [-0.15, -0.1) is 0 Å². The third-order valence-electron chi connectivity index (χ3n) is 2.21. The van der Waals surface area contributed by atoms with Crippen LogP contribution in [0.15, 0.2) is 17.4 Å².